The van der Waals surface area contributed by atoms with Gasteiger partial charge in [-0.15, -0.1) is 0 Å². The van der Waals surface area contributed by atoms with Gasteiger partial charge in [0.25, 0.3) is 5.91 Å². The van der Waals surface area contributed by atoms with Gasteiger partial charge in [-0.2, -0.15) is 26.3 Å². The standard InChI is InChI=1S/C19H11F6NO3/c20-18(21,22)14-6-2-5-12-13(14)9-26(17(12)29)11-4-1-3-10(7-11)15(8-16(27)28)19(23,24)25/h1-8H,9H2,(H,27,28)/b15-8-. The number of carboxylic acids is 1. The van der Waals surface area contributed by atoms with Gasteiger partial charge in [0.2, 0.25) is 0 Å². The lowest BCUT2D eigenvalue weighted by Crippen LogP contribution is -2.23. The number of aliphatic carboxylic acids is 1. The fourth-order valence-corrected chi connectivity index (χ4v) is 3.10. The van der Waals surface area contributed by atoms with Crippen molar-refractivity contribution >= 4 is 23.1 Å². The van der Waals surface area contributed by atoms with Crippen LogP contribution in [0.4, 0.5) is 32.0 Å². The van der Waals surface area contributed by atoms with E-state index >= 15 is 0 Å². The molecule has 0 saturated carbocycles. The Balaban J connectivity index is 2.05. The summed E-state index contributed by atoms with van der Waals surface area (Å²) in [7, 11) is 0. The molecule has 0 atom stereocenters. The summed E-state index contributed by atoms with van der Waals surface area (Å²) in [4.78, 5) is 24.2. The molecule has 0 aromatic heterocycles. The molecule has 0 spiro atoms. The molecule has 1 heterocycles. The van der Waals surface area contributed by atoms with Crippen LogP contribution < -0.4 is 4.90 Å². The quantitative estimate of drug-likeness (QED) is 0.573. The molecule has 0 saturated heterocycles. The fraction of sp³-hybridized carbons (Fsp3) is 0.158. The number of benzene rings is 2. The Morgan fingerprint density at radius 2 is 1.69 bits per heavy atom. The molecule has 152 valence electrons. The summed E-state index contributed by atoms with van der Waals surface area (Å²) in [6, 6.07) is 7.45. The van der Waals surface area contributed by atoms with Crippen LogP contribution in [-0.4, -0.2) is 23.2 Å². The first kappa shape index (κ1) is 20.4. The first-order valence-corrected chi connectivity index (χ1v) is 8.03. The van der Waals surface area contributed by atoms with E-state index in [-0.39, 0.29) is 22.9 Å². The Morgan fingerprint density at radius 3 is 2.28 bits per heavy atom. The zero-order valence-electron chi connectivity index (χ0n) is 14.3. The molecule has 0 fully saturated rings. The number of amides is 1. The number of rotatable bonds is 3. The van der Waals surface area contributed by atoms with Crippen LogP contribution in [0.15, 0.2) is 48.5 Å². The predicted octanol–water partition coefficient (Wildman–Crippen LogP) is 4.90. The zero-order chi connectivity index (χ0) is 21.6. The van der Waals surface area contributed by atoms with Crippen LogP contribution in [0.25, 0.3) is 5.57 Å². The Hall–Kier alpha value is -3.30. The Morgan fingerprint density at radius 1 is 1.03 bits per heavy atom. The monoisotopic (exact) mass is 415 g/mol. The highest BCUT2D eigenvalue weighted by Gasteiger charge is 2.40. The molecule has 0 radical (unpaired) electrons. The summed E-state index contributed by atoms with van der Waals surface area (Å²) in [6.07, 6.45) is -9.70. The zero-order valence-corrected chi connectivity index (χ0v) is 14.3. The molecule has 1 amide bonds. The van der Waals surface area contributed by atoms with E-state index in [0.29, 0.717) is 0 Å². The van der Waals surface area contributed by atoms with E-state index < -0.39 is 47.5 Å². The topological polar surface area (TPSA) is 57.6 Å². The number of hydrogen-bond donors (Lipinski definition) is 1. The number of fused-ring (bicyclic) bond motifs is 1. The molecule has 29 heavy (non-hydrogen) atoms. The molecule has 3 rings (SSSR count). The maximum absolute atomic E-state index is 13.2. The summed E-state index contributed by atoms with van der Waals surface area (Å²) < 4.78 is 79.3. The number of hydrogen-bond acceptors (Lipinski definition) is 2. The minimum atomic E-state index is -4.99. The Labute approximate surface area is 159 Å². The van der Waals surface area contributed by atoms with Crippen molar-refractivity contribution in [2.75, 3.05) is 4.90 Å². The third kappa shape index (κ3) is 3.96. The van der Waals surface area contributed by atoms with Gasteiger partial charge < -0.3 is 10.0 Å². The first-order valence-electron chi connectivity index (χ1n) is 8.03. The number of alkyl halides is 6. The second-order valence-corrected chi connectivity index (χ2v) is 6.17. The van der Waals surface area contributed by atoms with Crippen LogP contribution >= 0.6 is 0 Å². The SMILES string of the molecule is O=C(O)/C=C(/c1cccc(N2Cc3c(cccc3C(F)(F)F)C2=O)c1)C(F)(F)F. The van der Waals surface area contributed by atoms with E-state index in [1.54, 1.807) is 0 Å². The predicted molar refractivity (Wildman–Crippen MR) is 90.1 cm³/mol. The highest BCUT2D eigenvalue weighted by molar-refractivity contribution is 6.10. The second-order valence-electron chi connectivity index (χ2n) is 6.17. The lowest BCUT2D eigenvalue weighted by atomic mass is 10.0. The Bertz CT molecular complexity index is 1020. The number of nitrogens with zero attached hydrogens (tertiary/aromatic N) is 1. The third-order valence-corrected chi connectivity index (χ3v) is 4.32. The average Bonchev–Trinajstić information content (AvgIpc) is 2.95. The molecule has 10 heteroatoms. The van der Waals surface area contributed by atoms with Crippen molar-refractivity contribution in [2.24, 2.45) is 0 Å². The molecular weight excluding hydrogens is 404 g/mol. The maximum Gasteiger partial charge on any atom is 0.417 e. The van der Waals surface area contributed by atoms with Gasteiger partial charge in [-0.1, -0.05) is 18.2 Å². The van der Waals surface area contributed by atoms with Crippen LogP contribution in [0.5, 0.6) is 0 Å². The minimum absolute atomic E-state index is 0.0125. The van der Waals surface area contributed by atoms with Crippen molar-refractivity contribution in [1.29, 1.82) is 0 Å². The molecule has 1 aliphatic heterocycles. The molecule has 4 nitrogen and oxygen atoms in total. The van der Waals surface area contributed by atoms with Gasteiger partial charge in [0.15, 0.2) is 0 Å². The van der Waals surface area contributed by atoms with Gasteiger partial charge in [0, 0.05) is 17.3 Å². The second kappa shape index (κ2) is 6.94. The molecule has 2 aromatic carbocycles. The van der Waals surface area contributed by atoms with Crippen molar-refractivity contribution in [3.05, 3.63) is 70.8 Å². The van der Waals surface area contributed by atoms with Crippen molar-refractivity contribution in [1.82, 2.24) is 0 Å². The van der Waals surface area contributed by atoms with Gasteiger partial charge in [0.1, 0.15) is 0 Å². The normalized spacial score (nSPS) is 14.9. The number of carbonyl (C=O) groups excluding carboxylic acids is 1. The average molecular weight is 415 g/mol. The van der Waals surface area contributed by atoms with E-state index in [9.17, 15) is 35.9 Å². The summed E-state index contributed by atoms with van der Waals surface area (Å²) in [5.74, 6) is -2.61. The van der Waals surface area contributed by atoms with Gasteiger partial charge in [-0.3, -0.25) is 4.79 Å². The van der Waals surface area contributed by atoms with Crippen LogP contribution in [0.3, 0.4) is 0 Å². The van der Waals surface area contributed by atoms with E-state index in [1.165, 1.54) is 12.1 Å². The molecule has 0 bridgehead atoms. The fourth-order valence-electron chi connectivity index (χ4n) is 3.10. The van der Waals surface area contributed by atoms with Crippen LogP contribution in [-0.2, 0) is 17.5 Å². The molecule has 2 aromatic rings. The molecule has 1 N–H and O–H groups in total. The number of carbonyl (C=O) groups is 2. The third-order valence-electron chi connectivity index (χ3n) is 4.32. The summed E-state index contributed by atoms with van der Waals surface area (Å²) in [6.45, 7) is -0.475. The summed E-state index contributed by atoms with van der Waals surface area (Å²) >= 11 is 0. The minimum Gasteiger partial charge on any atom is -0.478 e. The molecular formula is C19H11F6NO3. The van der Waals surface area contributed by atoms with Gasteiger partial charge in [0.05, 0.1) is 17.7 Å². The molecule has 0 unspecified atom stereocenters. The maximum atomic E-state index is 13.2. The van der Waals surface area contributed by atoms with Crippen molar-refractivity contribution < 1.29 is 41.0 Å². The van der Waals surface area contributed by atoms with Crippen LogP contribution in [0, 0.1) is 0 Å². The molecule has 0 aliphatic carbocycles. The number of anilines is 1. The number of allylic oxidation sites excluding steroid dienone is 1. The smallest absolute Gasteiger partial charge is 0.417 e. The van der Waals surface area contributed by atoms with Crippen molar-refractivity contribution in [2.45, 2.75) is 18.9 Å². The summed E-state index contributed by atoms with van der Waals surface area (Å²) in [5, 5.41) is 8.71. The summed E-state index contributed by atoms with van der Waals surface area (Å²) in [5.41, 5.74) is -3.53. The van der Waals surface area contributed by atoms with Gasteiger partial charge in [-0.05, 0) is 35.4 Å². The Kier molecular flexibility index (Phi) is 4.89. The largest absolute Gasteiger partial charge is 0.478 e. The highest BCUT2D eigenvalue weighted by atomic mass is 19.4. The van der Waals surface area contributed by atoms with E-state index in [0.717, 1.165) is 35.2 Å². The van der Waals surface area contributed by atoms with E-state index in [2.05, 4.69) is 0 Å². The van der Waals surface area contributed by atoms with Gasteiger partial charge in [-0.25, -0.2) is 4.79 Å². The molecule has 1 aliphatic rings. The van der Waals surface area contributed by atoms with E-state index in [4.69, 9.17) is 5.11 Å². The van der Waals surface area contributed by atoms with Crippen molar-refractivity contribution in [3.63, 3.8) is 0 Å². The van der Waals surface area contributed by atoms with Crippen molar-refractivity contribution in [3.8, 4) is 0 Å². The van der Waals surface area contributed by atoms with Gasteiger partial charge >= 0.3 is 18.3 Å². The lowest BCUT2D eigenvalue weighted by Gasteiger charge is -2.18. The van der Waals surface area contributed by atoms with E-state index in [1.807, 2.05) is 0 Å². The number of carboxylic acid groups (broad SMARTS) is 1. The van der Waals surface area contributed by atoms with Crippen LogP contribution in [0.2, 0.25) is 0 Å². The highest BCUT2D eigenvalue weighted by Crippen LogP contribution is 2.40. The lowest BCUT2D eigenvalue weighted by molar-refractivity contribution is -0.138. The van der Waals surface area contributed by atoms with Crippen LogP contribution in [0.1, 0.15) is 27.0 Å². The first-order chi connectivity index (χ1) is 13.4. The number of halogens is 6.